The van der Waals surface area contributed by atoms with Gasteiger partial charge in [-0.2, -0.15) is 0 Å². The maximum absolute atomic E-state index is 11.8. The van der Waals surface area contributed by atoms with E-state index in [0.717, 1.165) is 11.3 Å². The van der Waals surface area contributed by atoms with E-state index in [9.17, 15) is 4.79 Å². The highest BCUT2D eigenvalue weighted by Crippen LogP contribution is 2.25. The highest BCUT2D eigenvalue weighted by molar-refractivity contribution is 5.88. The number of nitrogens with two attached hydrogens (primary N) is 1. The standard InChI is InChI=1S/C15H14N4O2/c1-2-21-14(20)12-9-19-13(7-8-17-15(19)18-12)10-5-3-4-6-11(10)16/h3-9H,2,16H2,1H3. The van der Waals surface area contributed by atoms with Gasteiger partial charge in [0.25, 0.3) is 0 Å². The van der Waals surface area contributed by atoms with E-state index in [-0.39, 0.29) is 5.69 Å². The molecular formula is C15H14N4O2. The number of anilines is 1. The molecule has 2 aromatic heterocycles. The highest BCUT2D eigenvalue weighted by atomic mass is 16.5. The summed E-state index contributed by atoms with van der Waals surface area (Å²) in [5.41, 5.74) is 8.57. The molecule has 0 bridgehead atoms. The van der Waals surface area contributed by atoms with Gasteiger partial charge in [0.1, 0.15) is 0 Å². The summed E-state index contributed by atoms with van der Waals surface area (Å²) in [6, 6.07) is 9.34. The Balaban J connectivity index is 2.17. The van der Waals surface area contributed by atoms with Crippen LogP contribution < -0.4 is 5.73 Å². The molecule has 0 fully saturated rings. The first-order valence-corrected chi connectivity index (χ1v) is 6.57. The number of hydrogen-bond acceptors (Lipinski definition) is 5. The second-order valence-electron chi connectivity index (χ2n) is 4.43. The van der Waals surface area contributed by atoms with Crippen molar-refractivity contribution in [2.75, 3.05) is 12.3 Å². The minimum absolute atomic E-state index is 0.228. The van der Waals surface area contributed by atoms with Crippen LogP contribution in [-0.2, 0) is 4.74 Å². The van der Waals surface area contributed by atoms with Gasteiger partial charge < -0.3 is 10.5 Å². The average Bonchev–Trinajstić information content (AvgIpc) is 2.92. The van der Waals surface area contributed by atoms with Crippen LogP contribution in [-0.4, -0.2) is 26.9 Å². The van der Waals surface area contributed by atoms with Crippen LogP contribution in [0.3, 0.4) is 0 Å². The summed E-state index contributed by atoms with van der Waals surface area (Å²) in [6.45, 7) is 2.06. The zero-order valence-corrected chi connectivity index (χ0v) is 11.5. The summed E-state index contributed by atoms with van der Waals surface area (Å²) in [7, 11) is 0. The Morgan fingerprint density at radius 3 is 2.90 bits per heavy atom. The Labute approximate surface area is 121 Å². The first-order valence-electron chi connectivity index (χ1n) is 6.57. The summed E-state index contributed by atoms with van der Waals surface area (Å²) < 4.78 is 6.69. The van der Waals surface area contributed by atoms with Gasteiger partial charge in [0.2, 0.25) is 5.78 Å². The number of ether oxygens (including phenoxy) is 1. The average molecular weight is 282 g/mol. The van der Waals surface area contributed by atoms with Gasteiger partial charge in [-0.15, -0.1) is 0 Å². The van der Waals surface area contributed by atoms with Crippen molar-refractivity contribution in [1.82, 2.24) is 14.4 Å². The molecule has 0 aliphatic rings. The minimum Gasteiger partial charge on any atom is -0.461 e. The van der Waals surface area contributed by atoms with Gasteiger partial charge in [-0.05, 0) is 19.1 Å². The van der Waals surface area contributed by atoms with E-state index >= 15 is 0 Å². The number of para-hydroxylation sites is 1. The molecule has 0 aliphatic heterocycles. The Bertz CT molecular complexity index is 810. The van der Waals surface area contributed by atoms with Gasteiger partial charge in [0.05, 0.1) is 12.3 Å². The number of aromatic nitrogens is 3. The summed E-state index contributed by atoms with van der Waals surface area (Å²) in [5.74, 6) is -0.0335. The van der Waals surface area contributed by atoms with Crippen LogP contribution in [0, 0.1) is 0 Å². The van der Waals surface area contributed by atoms with E-state index in [0.29, 0.717) is 18.1 Å². The number of benzene rings is 1. The van der Waals surface area contributed by atoms with Crippen molar-refractivity contribution in [3.8, 4) is 11.3 Å². The molecule has 21 heavy (non-hydrogen) atoms. The predicted molar refractivity (Wildman–Crippen MR) is 78.8 cm³/mol. The number of carbonyl (C=O) groups is 1. The Morgan fingerprint density at radius 1 is 1.33 bits per heavy atom. The van der Waals surface area contributed by atoms with Crippen molar-refractivity contribution in [3.63, 3.8) is 0 Å². The molecule has 0 atom stereocenters. The Hall–Kier alpha value is -2.89. The van der Waals surface area contributed by atoms with Gasteiger partial charge in [0, 0.05) is 23.6 Å². The third-order valence-electron chi connectivity index (χ3n) is 3.09. The van der Waals surface area contributed by atoms with Gasteiger partial charge in [-0.3, -0.25) is 4.40 Å². The lowest BCUT2D eigenvalue weighted by molar-refractivity contribution is 0.0520. The molecule has 0 aliphatic carbocycles. The van der Waals surface area contributed by atoms with E-state index in [1.54, 1.807) is 23.7 Å². The van der Waals surface area contributed by atoms with Gasteiger partial charge >= 0.3 is 5.97 Å². The van der Waals surface area contributed by atoms with Crippen LogP contribution in [0.5, 0.6) is 0 Å². The number of imidazole rings is 1. The fourth-order valence-corrected chi connectivity index (χ4v) is 2.15. The molecule has 6 nitrogen and oxygen atoms in total. The second-order valence-corrected chi connectivity index (χ2v) is 4.43. The van der Waals surface area contributed by atoms with Crippen LogP contribution in [0.1, 0.15) is 17.4 Å². The van der Waals surface area contributed by atoms with Gasteiger partial charge in [-0.25, -0.2) is 14.8 Å². The van der Waals surface area contributed by atoms with Gasteiger partial charge in [0.15, 0.2) is 5.69 Å². The van der Waals surface area contributed by atoms with E-state index in [2.05, 4.69) is 9.97 Å². The predicted octanol–water partition coefficient (Wildman–Crippen LogP) is 2.16. The quantitative estimate of drug-likeness (QED) is 0.588. The SMILES string of the molecule is CCOC(=O)c1cn2c(-c3ccccc3N)ccnc2n1. The highest BCUT2D eigenvalue weighted by Gasteiger charge is 2.15. The number of esters is 1. The number of fused-ring (bicyclic) bond motifs is 1. The van der Waals surface area contributed by atoms with Crippen molar-refractivity contribution < 1.29 is 9.53 Å². The lowest BCUT2D eigenvalue weighted by Gasteiger charge is -2.07. The van der Waals surface area contributed by atoms with Crippen LogP contribution in [0.15, 0.2) is 42.7 Å². The summed E-state index contributed by atoms with van der Waals surface area (Å²) in [5, 5.41) is 0. The zero-order valence-electron chi connectivity index (χ0n) is 11.5. The molecular weight excluding hydrogens is 268 g/mol. The lowest BCUT2D eigenvalue weighted by Crippen LogP contribution is -2.04. The Morgan fingerprint density at radius 2 is 2.14 bits per heavy atom. The molecule has 0 unspecified atom stereocenters. The third kappa shape index (κ3) is 2.31. The summed E-state index contributed by atoms with van der Waals surface area (Å²) in [6.07, 6.45) is 3.25. The molecule has 0 radical (unpaired) electrons. The Kier molecular flexibility index (Phi) is 3.27. The minimum atomic E-state index is -0.463. The molecule has 3 aromatic rings. The summed E-state index contributed by atoms with van der Waals surface area (Å²) >= 11 is 0. The summed E-state index contributed by atoms with van der Waals surface area (Å²) in [4.78, 5) is 20.1. The molecule has 1 aromatic carbocycles. The smallest absolute Gasteiger partial charge is 0.358 e. The van der Waals surface area contributed by atoms with Crippen LogP contribution >= 0.6 is 0 Å². The monoisotopic (exact) mass is 282 g/mol. The van der Waals surface area contributed by atoms with Crippen molar-refractivity contribution in [2.24, 2.45) is 0 Å². The number of rotatable bonds is 3. The molecule has 2 heterocycles. The number of nitrogens with zero attached hydrogens (tertiary/aromatic N) is 3. The van der Waals surface area contributed by atoms with E-state index in [1.807, 2.05) is 30.3 Å². The lowest BCUT2D eigenvalue weighted by atomic mass is 10.1. The molecule has 2 N–H and O–H groups in total. The second kappa shape index (κ2) is 5.24. The molecule has 6 heteroatoms. The molecule has 0 spiro atoms. The molecule has 0 amide bonds. The maximum Gasteiger partial charge on any atom is 0.358 e. The number of hydrogen-bond donors (Lipinski definition) is 1. The third-order valence-corrected chi connectivity index (χ3v) is 3.09. The molecule has 0 saturated heterocycles. The van der Waals surface area contributed by atoms with Crippen molar-refractivity contribution in [3.05, 3.63) is 48.4 Å². The van der Waals surface area contributed by atoms with Crippen LogP contribution in [0.25, 0.3) is 17.0 Å². The van der Waals surface area contributed by atoms with Crippen molar-refractivity contribution in [2.45, 2.75) is 6.92 Å². The topological polar surface area (TPSA) is 82.5 Å². The first kappa shape index (κ1) is 13.1. The van der Waals surface area contributed by atoms with E-state index in [4.69, 9.17) is 10.5 Å². The van der Waals surface area contributed by atoms with Crippen LogP contribution in [0.2, 0.25) is 0 Å². The largest absolute Gasteiger partial charge is 0.461 e. The first-order chi connectivity index (χ1) is 10.2. The van der Waals surface area contributed by atoms with E-state index < -0.39 is 5.97 Å². The molecule has 0 saturated carbocycles. The fourth-order valence-electron chi connectivity index (χ4n) is 2.15. The molecule has 106 valence electrons. The van der Waals surface area contributed by atoms with E-state index in [1.165, 1.54) is 0 Å². The normalized spacial score (nSPS) is 10.7. The van der Waals surface area contributed by atoms with Gasteiger partial charge in [-0.1, -0.05) is 18.2 Å². The van der Waals surface area contributed by atoms with Crippen LogP contribution in [0.4, 0.5) is 5.69 Å². The van der Waals surface area contributed by atoms with Crippen molar-refractivity contribution in [1.29, 1.82) is 0 Å². The number of carbonyl (C=O) groups excluding carboxylic acids is 1. The van der Waals surface area contributed by atoms with Crippen molar-refractivity contribution >= 4 is 17.4 Å². The number of nitrogen functional groups attached to an aromatic ring is 1. The fraction of sp³-hybridized carbons (Fsp3) is 0.133. The maximum atomic E-state index is 11.8. The molecule has 3 rings (SSSR count). The zero-order chi connectivity index (χ0) is 14.8.